The molecular weight excluding hydrogens is 600 g/mol. The van der Waals surface area contributed by atoms with Crippen molar-refractivity contribution in [2.24, 2.45) is 0 Å². The number of allylic oxidation sites excluding steroid dienone is 2. The number of rotatable bonds is 0. The van der Waals surface area contributed by atoms with Crippen LogP contribution in [0.3, 0.4) is 0 Å². The lowest BCUT2D eigenvalue weighted by molar-refractivity contribution is -0.0175. The molecule has 1 aliphatic heterocycles. The molecule has 0 bridgehead atoms. The van der Waals surface area contributed by atoms with Crippen molar-refractivity contribution in [3.8, 4) is 0 Å². The van der Waals surface area contributed by atoms with E-state index >= 15 is 0 Å². The fourth-order valence-electron chi connectivity index (χ4n) is 0.501. The molecule has 0 aromatic carbocycles. The van der Waals surface area contributed by atoms with Gasteiger partial charge in [0.1, 0.15) is 0 Å². The molecule has 0 amide bonds. The Balaban J connectivity index is 3.07. The van der Waals surface area contributed by atoms with Crippen LogP contribution in [0.25, 0.3) is 0 Å². The monoisotopic (exact) mass is 602 g/mol. The highest BCUT2D eigenvalue weighted by atomic mass is 127. The van der Waals surface area contributed by atoms with Crippen molar-refractivity contribution in [3.05, 3.63) is 14.5 Å². The van der Waals surface area contributed by atoms with Crippen LogP contribution in [-0.2, 0) is 4.74 Å². The summed E-state index contributed by atoms with van der Waals surface area (Å²) in [5.74, 6) is 0. The van der Waals surface area contributed by atoms with Gasteiger partial charge in [0.2, 0.25) is 6.29 Å². The molecule has 0 aromatic rings. The predicted octanol–water partition coefficient (Wildman–Crippen LogP) is 3.46. The number of hydrogen-bond acceptors (Lipinski definition) is 2. The van der Waals surface area contributed by atoms with Gasteiger partial charge >= 0.3 is 0 Å². The molecule has 6 heteroatoms. The van der Waals surface area contributed by atoms with E-state index in [9.17, 15) is 5.11 Å². The Morgan fingerprint density at radius 2 is 1.64 bits per heavy atom. The Morgan fingerprint density at radius 3 is 2.18 bits per heavy atom. The Kier molecular flexibility index (Phi) is 4.69. The molecule has 0 aliphatic carbocycles. The number of aliphatic hydroxyl groups is 1. The summed E-state index contributed by atoms with van der Waals surface area (Å²) < 4.78 is 8.89. The summed E-state index contributed by atoms with van der Waals surface area (Å²) in [6.07, 6.45) is -0.770. The third-order valence-electron chi connectivity index (χ3n) is 1.01. The molecule has 1 atom stereocenters. The van der Waals surface area contributed by atoms with E-state index in [1.165, 1.54) is 0 Å². The van der Waals surface area contributed by atoms with Crippen LogP contribution < -0.4 is 0 Å². The quantitative estimate of drug-likeness (QED) is 0.432. The Bertz CT molecular complexity index is 245. The van der Waals surface area contributed by atoms with E-state index < -0.39 is 6.29 Å². The van der Waals surface area contributed by atoms with Crippen LogP contribution in [0, 0.1) is 0 Å². The van der Waals surface area contributed by atoms with Gasteiger partial charge in [0, 0.05) is 26.2 Å². The second kappa shape index (κ2) is 4.59. The lowest BCUT2D eigenvalue weighted by atomic mass is 10.4. The number of ether oxygens (including phenoxy) is 1. The lowest BCUT2D eigenvalue weighted by Crippen LogP contribution is -2.14. The van der Waals surface area contributed by atoms with E-state index in [1.54, 1.807) is 0 Å². The number of halogens is 4. The van der Waals surface area contributed by atoms with E-state index in [0.717, 1.165) is 14.5 Å². The second-order valence-corrected chi connectivity index (χ2v) is 6.02. The molecule has 1 heterocycles. The van der Waals surface area contributed by atoms with Gasteiger partial charge in [-0.25, -0.2) is 0 Å². The van der Waals surface area contributed by atoms with Gasteiger partial charge in [0.15, 0.2) is 3.77 Å². The topological polar surface area (TPSA) is 29.5 Å². The zero-order valence-electron chi connectivity index (χ0n) is 4.94. The zero-order valence-corrected chi connectivity index (χ0v) is 13.6. The van der Waals surface area contributed by atoms with Crippen molar-refractivity contribution >= 4 is 90.4 Å². The van der Waals surface area contributed by atoms with Crippen LogP contribution in [0.5, 0.6) is 0 Å². The summed E-state index contributed by atoms with van der Waals surface area (Å²) in [6.45, 7) is 0. The van der Waals surface area contributed by atoms with Crippen molar-refractivity contribution in [3.63, 3.8) is 0 Å². The van der Waals surface area contributed by atoms with Crippen LogP contribution in [-0.4, -0.2) is 11.4 Å². The first kappa shape index (κ1) is 11.2. The van der Waals surface area contributed by atoms with Crippen molar-refractivity contribution in [1.29, 1.82) is 0 Å². The average Bonchev–Trinajstić information content (AvgIpc) is 1.97. The molecule has 0 radical (unpaired) electrons. The van der Waals surface area contributed by atoms with Gasteiger partial charge in [-0.05, 0) is 67.8 Å². The molecule has 1 N–H and O–H groups in total. The van der Waals surface area contributed by atoms with Gasteiger partial charge in [0.25, 0.3) is 0 Å². The molecule has 1 rings (SSSR count). The maximum absolute atomic E-state index is 9.30. The van der Waals surface area contributed by atoms with Gasteiger partial charge in [0.05, 0.1) is 7.16 Å². The normalized spacial score (nSPS) is 25.7. The van der Waals surface area contributed by atoms with Crippen LogP contribution in [0.4, 0.5) is 0 Å². The lowest BCUT2D eigenvalue weighted by Gasteiger charge is -2.20. The standard InChI is InChI=1S/C5H2I4O2/c6-1-2(7)4(9)11-5(10)3(1)8/h5,10H. The summed E-state index contributed by atoms with van der Waals surface area (Å²) in [5, 5.41) is 9.30. The van der Waals surface area contributed by atoms with Gasteiger partial charge in [-0.15, -0.1) is 0 Å². The van der Waals surface area contributed by atoms with Crippen molar-refractivity contribution < 1.29 is 9.84 Å². The molecule has 0 fully saturated rings. The minimum Gasteiger partial charge on any atom is -0.453 e. The predicted molar refractivity (Wildman–Crippen MR) is 77.2 cm³/mol. The van der Waals surface area contributed by atoms with Crippen molar-refractivity contribution in [2.45, 2.75) is 6.29 Å². The smallest absolute Gasteiger partial charge is 0.231 e. The largest absolute Gasteiger partial charge is 0.453 e. The van der Waals surface area contributed by atoms with E-state index in [4.69, 9.17) is 4.74 Å². The number of hydrogen-bond donors (Lipinski definition) is 1. The van der Waals surface area contributed by atoms with Gasteiger partial charge < -0.3 is 9.84 Å². The molecule has 11 heavy (non-hydrogen) atoms. The summed E-state index contributed by atoms with van der Waals surface area (Å²) >= 11 is 8.56. The average molecular weight is 602 g/mol. The van der Waals surface area contributed by atoms with E-state index in [1.807, 2.05) is 0 Å². The van der Waals surface area contributed by atoms with Crippen LogP contribution in [0.15, 0.2) is 14.5 Å². The first-order chi connectivity index (χ1) is 5.04. The maximum atomic E-state index is 9.30. The Morgan fingerprint density at radius 1 is 1.09 bits per heavy atom. The summed E-state index contributed by atoms with van der Waals surface area (Å²) in [5.41, 5.74) is 0. The van der Waals surface area contributed by atoms with Gasteiger partial charge in [-0.1, -0.05) is 0 Å². The highest BCUT2D eigenvalue weighted by Crippen LogP contribution is 2.41. The SMILES string of the molecule is OC1OC(I)=C(I)C(I)=C1I. The minimum absolute atomic E-state index is 0.764. The minimum atomic E-state index is -0.770. The highest BCUT2D eigenvalue weighted by molar-refractivity contribution is 14.1. The summed E-state index contributed by atoms with van der Waals surface area (Å²) in [4.78, 5) is 0. The summed E-state index contributed by atoms with van der Waals surface area (Å²) in [6, 6.07) is 0. The highest BCUT2D eigenvalue weighted by Gasteiger charge is 2.23. The number of aliphatic hydroxyl groups excluding tert-OH is 1. The summed E-state index contributed by atoms with van der Waals surface area (Å²) in [7, 11) is 0. The Hall–Kier alpha value is 2.16. The molecule has 0 aromatic heterocycles. The van der Waals surface area contributed by atoms with Crippen LogP contribution in [0.2, 0.25) is 0 Å². The fraction of sp³-hybridized carbons (Fsp3) is 0.200. The maximum Gasteiger partial charge on any atom is 0.231 e. The first-order valence-corrected chi connectivity index (χ1v) is 6.81. The van der Waals surface area contributed by atoms with Gasteiger partial charge in [-0.2, -0.15) is 0 Å². The Labute approximate surface area is 119 Å². The van der Waals surface area contributed by atoms with Crippen molar-refractivity contribution in [2.75, 3.05) is 0 Å². The molecule has 0 saturated heterocycles. The van der Waals surface area contributed by atoms with E-state index in [0.29, 0.717) is 0 Å². The molecule has 2 nitrogen and oxygen atoms in total. The molecule has 0 saturated carbocycles. The molecule has 0 spiro atoms. The van der Waals surface area contributed by atoms with E-state index in [-0.39, 0.29) is 0 Å². The zero-order chi connectivity index (χ0) is 8.59. The fourth-order valence-corrected chi connectivity index (χ4v) is 3.37. The molecule has 1 unspecified atom stereocenters. The van der Waals surface area contributed by atoms with Gasteiger partial charge in [-0.3, -0.25) is 0 Å². The molecule has 62 valence electrons. The van der Waals surface area contributed by atoms with Crippen LogP contribution >= 0.6 is 90.4 Å². The van der Waals surface area contributed by atoms with Crippen LogP contribution in [0.1, 0.15) is 0 Å². The molecule has 1 aliphatic rings. The molecular formula is C5H2I4O2. The second-order valence-electron chi connectivity index (χ2n) is 1.72. The third-order valence-corrected chi connectivity index (χ3v) is 8.12. The van der Waals surface area contributed by atoms with Crippen molar-refractivity contribution in [1.82, 2.24) is 0 Å². The third kappa shape index (κ3) is 2.56. The first-order valence-electron chi connectivity index (χ1n) is 2.49. The van der Waals surface area contributed by atoms with E-state index in [2.05, 4.69) is 90.4 Å².